The van der Waals surface area contributed by atoms with Crippen molar-refractivity contribution in [1.82, 2.24) is 4.98 Å². The van der Waals surface area contributed by atoms with Crippen molar-refractivity contribution in [3.05, 3.63) is 94.3 Å². The fourth-order valence-electron chi connectivity index (χ4n) is 2.67. The molecule has 0 N–H and O–H groups in total. The third-order valence-corrected chi connectivity index (χ3v) is 5.16. The molecule has 0 aliphatic rings. The molecule has 1 aromatic heterocycles. The zero-order valence-corrected chi connectivity index (χ0v) is 14.9. The van der Waals surface area contributed by atoms with Crippen LogP contribution >= 0.6 is 11.8 Å². The smallest absolute Gasteiger partial charge is 0.168 e. The zero-order chi connectivity index (χ0) is 19.6. The first-order valence-electron chi connectivity index (χ1n) is 7.87. The molecule has 0 spiro atoms. The zero-order valence-electron chi connectivity index (χ0n) is 14.0. The number of nitrogens with zero attached hydrogens (tertiary/aromatic N) is 1. The van der Waals surface area contributed by atoms with Gasteiger partial charge >= 0.3 is 0 Å². The van der Waals surface area contributed by atoms with Crippen molar-refractivity contribution < 1.29 is 22.4 Å². The summed E-state index contributed by atoms with van der Waals surface area (Å²) in [6, 6.07) is 7.49. The van der Waals surface area contributed by atoms with E-state index in [1.54, 1.807) is 6.92 Å². The predicted molar refractivity (Wildman–Crippen MR) is 94.8 cm³/mol. The van der Waals surface area contributed by atoms with Gasteiger partial charge in [-0.25, -0.2) is 17.6 Å². The number of halogens is 4. The molecule has 0 bridgehead atoms. The van der Waals surface area contributed by atoms with Crippen LogP contribution in [0.1, 0.15) is 32.4 Å². The maximum atomic E-state index is 14.4. The predicted octanol–water partition coefficient (Wildman–Crippen LogP) is 5.64. The number of rotatable bonds is 5. The average molecular weight is 391 g/mol. The number of aldehydes is 1. The number of carbonyl (C=O) groups excluding carboxylic acids is 1. The first-order chi connectivity index (χ1) is 12.9. The Balaban J connectivity index is 2.14. The monoisotopic (exact) mass is 391 g/mol. The van der Waals surface area contributed by atoms with E-state index in [1.807, 2.05) is 0 Å². The van der Waals surface area contributed by atoms with Gasteiger partial charge < -0.3 is 0 Å². The Morgan fingerprint density at radius 2 is 1.63 bits per heavy atom. The molecule has 2 aromatic carbocycles. The normalized spacial score (nSPS) is 12.0. The molecule has 0 saturated carbocycles. The largest absolute Gasteiger partial charge is 0.296 e. The molecule has 1 heterocycles. The quantitative estimate of drug-likeness (QED) is 0.320. The highest BCUT2D eigenvalue weighted by Gasteiger charge is 2.23. The molecule has 0 saturated heterocycles. The van der Waals surface area contributed by atoms with Gasteiger partial charge in [-0.1, -0.05) is 0 Å². The van der Waals surface area contributed by atoms with Crippen LogP contribution in [0.5, 0.6) is 0 Å². The number of pyridine rings is 1. The minimum atomic E-state index is -0.824. The van der Waals surface area contributed by atoms with Crippen molar-refractivity contribution in [3.63, 3.8) is 0 Å². The summed E-state index contributed by atoms with van der Waals surface area (Å²) in [5.41, 5.74) is 1.31. The van der Waals surface area contributed by atoms with Gasteiger partial charge in [0, 0.05) is 22.7 Å². The Hall–Kier alpha value is -2.67. The van der Waals surface area contributed by atoms with Crippen LogP contribution in [0.25, 0.3) is 0 Å². The van der Waals surface area contributed by atoms with Crippen LogP contribution in [0.4, 0.5) is 17.6 Å². The molecule has 0 aliphatic carbocycles. The molecule has 1 atom stereocenters. The average Bonchev–Trinajstić information content (AvgIpc) is 2.61. The first-order valence-corrected chi connectivity index (χ1v) is 8.75. The molecule has 0 fully saturated rings. The van der Waals surface area contributed by atoms with Gasteiger partial charge in [-0.05, 0) is 54.4 Å². The molecule has 7 heteroatoms. The van der Waals surface area contributed by atoms with E-state index in [-0.39, 0.29) is 16.2 Å². The number of aryl methyl sites for hydroxylation is 1. The lowest BCUT2D eigenvalue weighted by molar-refractivity contribution is 0.111. The van der Waals surface area contributed by atoms with Crippen LogP contribution in [0, 0.1) is 30.2 Å². The van der Waals surface area contributed by atoms with E-state index in [4.69, 9.17) is 0 Å². The Bertz CT molecular complexity index is 989. The highest BCUT2D eigenvalue weighted by atomic mass is 32.2. The van der Waals surface area contributed by atoms with Crippen LogP contribution in [-0.2, 0) is 0 Å². The number of aromatic nitrogens is 1. The molecule has 3 aromatic rings. The van der Waals surface area contributed by atoms with Gasteiger partial charge in [0.05, 0.1) is 5.25 Å². The van der Waals surface area contributed by atoms with E-state index >= 15 is 0 Å². The van der Waals surface area contributed by atoms with Crippen molar-refractivity contribution in [2.75, 3.05) is 0 Å². The summed E-state index contributed by atoms with van der Waals surface area (Å²) in [5, 5.41) is -0.824. The van der Waals surface area contributed by atoms with Crippen LogP contribution in [-0.4, -0.2) is 11.3 Å². The number of hydrogen-bond donors (Lipinski definition) is 0. The standard InChI is InChI=1S/C20H13F4NOS/c1-11-4-15(10-26)25-9-18(11)20(17-8-12(21)2-3-19(17)24)27-16-6-13(22)5-14(23)7-16/h2-10,20H,1H3. The van der Waals surface area contributed by atoms with Gasteiger partial charge in [-0.3, -0.25) is 9.78 Å². The molecule has 27 heavy (non-hydrogen) atoms. The van der Waals surface area contributed by atoms with Crippen molar-refractivity contribution >= 4 is 18.0 Å². The Labute approximate surface area is 157 Å². The van der Waals surface area contributed by atoms with Gasteiger partial charge in [0.2, 0.25) is 0 Å². The highest BCUT2D eigenvalue weighted by Crippen LogP contribution is 2.43. The molecule has 3 rings (SSSR count). The van der Waals surface area contributed by atoms with E-state index in [2.05, 4.69) is 4.98 Å². The minimum Gasteiger partial charge on any atom is -0.296 e. The third-order valence-electron chi connectivity index (χ3n) is 3.91. The molecule has 138 valence electrons. The Morgan fingerprint density at radius 3 is 2.26 bits per heavy atom. The molecule has 0 aliphatic heterocycles. The summed E-state index contributed by atoms with van der Waals surface area (Å²) in [5.74, 6) is -2.86. The van der Waals surface area contributed by atoms with E-state index < -0.39 is 28.5 Å². The van der Waals surface area contributed by atoms with E-state index in [0.717, 1.165) is 48.2 Å². The van der Waals surface area contributed by atoms with Crippen molar-refractivity contribution in [2.45, 2.75) is 17.1 Å². The van der Waals surface area contributed by atoms with E-state index in [0.29, 0.717) is 17.4 Å². The second-order valence-electron chi connectivity index (χ2n) is 5.85. The summed E-state index contributed by atoms with van der Waals surface area (Å²) in [4.78, 5) is 15.1. The number of carbonyl (C=O) groups is 1. The SMILES string of the molecule is Cc1cc(C=O)ncc1C(Sc1cc(F)cc(F)c1)c1cc(F)ccc1F. The number of thioether (sulfide) groups is 1. The Kier molecular flexibility index (Phi) is 5.60. The Morgan fingerprint density at radius 1 is 0.926 bits per heavy atom. The third kappa shape index (κ3) is 4.36. The summed E-state index contributed by atoms with van der Waals surface area (Å²) in [6.07, 6.45) is 1.96. The van der Waals surface area contributed by atoms with E-state index in [9.17, 15) is 22.4 Å². The summed E-state index contributed by atoms with van der Waals surface area (Å²) in [6.45, 7) is 1.70. The molecule has 0 radical (unpaired) electrons. The van der Waals surface area contributed by atoms with Crippen LogP contribution < -0.4 is 0 Å². The van der Waals surface area contributed by atoms with Crippen molar-refractivity contribution in [3.8, 4) is 0 Å². The topological polar surface area (TPSA) is 30.0 Å². The maximum Gasteiger partial charge on any atom is 0.168 e. The lowest BCUT2D eigenvalue weighted by Gasteiger charge is -2.20. The molecule has 2 nitrogen and oxygen atoms in total. The summed E-state index contributed by atoms with van der Waals surface area (Å²) < 4.78 is 55.3. The highest BCUT2D eigenvalue weighted by molar-refractivity contribution is 7.99. The van der Waals surface area contributed by atoms with Gasteiger partial charge in [0.1, 0.15) is 29.0 Å². The van der Waals surface area contributed by atoms with Gasteiger partial charge in [-0.15, -0.1) is 11.8 Å². The number of hydrogen-bond acceptors (Lipinski definition) is 3. The number of benzene rings is 2. The second-order valence-corrected chi connectivity index (χ2v) is 7.03. The molecule has 0 amide bonds. The maximum absolute atomic E-state index is 14.4. The minimum absolute atomic E-state index is 0.00780. The molecular weight excluding hydrogens is 378 g/mol. The van der Waals surface area contributed by atoms with Crippen molar-refractivity contribution in [1.29, 1.82) is 0 Å². The second kappa shape index (κ2) is 7.92. The van der Waals surface area contributed by atoms with Crippen LogP contribution in [0.15, 0.2) is 53.6 Å². The fraction of sp³-hybridized carbons (Fsp3) is 0.100. The summed E-state index contributed by atoms with van der Waals surface area (Å²) >= 11 is 0.959. The van der Waals surface area contributed by atoms with Gasteiger partial charge in [0.15, 0.2) is 6.29 Å². The van der Waals surface area contributed by atoms with Crippen LogP contribution in [0.3, 0.4) is 0 Å². The van der Waals surface area contributed by atoms with Gasteiger partial charge in [-0.2, -0.15) is 0 Å². The molecular formula is C20H13F4NOS. The lowest BCUT2D eigenvalue weighted by Crippen LogP contribution is -2.05. The van der Waals surface area contributed by atoms with Crippen molar-refractivity contribution in [2.24, 2.45) is 0 Å². The lowest BCUT2D eigenvalue weighted by atomic mass is 10.0. The molecule has 1 unspecified atom stereocenters. The van der Waals surface area contributed by atoms with E-state index in [1.165, 1.54) is 12.3 Å². The fourth-order valence-corrected chi connectivity index (χ4v) is 3.98. The van der Waals surface area contributed by atoms with Crippen LogP contribution in [0.2, 0.25) is 0 Å². The summed E-state index contributed by atoms with van der Waals surface area (Å²) in [7, 11) is 0. The van der Waals surface area contributed by atoms with Gasteiger partial charge in [0.25, 0.3) is 0 Å². The first kappa shape index (κ1) is 19.1.